The van der Waals surface area contributed by atoms with E-state index in [-0.39, 0.29) is 6.04 Å². The van der Waals surface area contributed by atoms with E-state index in [4.69, 9.17) is 11.6 Å². The minimum atomic E-state index is 0.266. The molecule has 1 aromatic rings. The highest BCUT2D eigenvalue weighted by atomic mass is 35.5. The van der Waals surface area contributed by atoms with Gasteiger partial charge in [0, 0.05) is 17.6 Å². The maximum atomic E-state index is 6.11. The van der Waals surface area contributed by atoms with Gasteiger partial charge in [-0.1, -0.05) is 48.9 Å². The number of nitrogens with one attached hydrogen (secondary N) is 1. The molecule has 1 aromatic carbocycles. The van der Waals surface area contributed by atoms with E-state index in [1.807, 2.05) is 18.2 Å². The van der Waals surface area contributed by atoms with Crippen LogP contribution in [0.4, 0.5) is 0 Å². The standard InChI is InChI=1S/C13H18ClN/c1-4-10(2)9-15-11(3)12-7-5-6-8-13(12)14/h5-8,11,15H,2,4,9H2,1,3H3. The zero-order valence-electron chi connectivity index (χ0n) is 9.39. The molecule has 1 N–H and O–H groups in total. The Morgan fingerprint density at radius 2 is 2.13 bits per heavy atom. The molecule has 82 valence electrons. The van der Waals surface area contributed by atoms with Crippen LogP contribution < -0.4 is 5.32 Å². The molecule has 0 bridgehead atoms. The Balaban J connectivity index is 2.57. The van der Waals surface area contributed by atoms with E-state index in [2.05, 4.69) is 31.8 Å². The van der Waals surface area contributed by atoms with E-state index < -0.39 is 0 Å². The Morgan fingerprint density at radius 3 is 2.73 bits per heavy atom. The number of benzene rings is 1. The van der Waals surface area contributed by atoms with Gasteiger partial charge >= 0.3 is 0 Å². The highest BCUT2D eigenvalue weighted by Crippen LogP contribution is 2.22. The molecule has 0 saturated heterocycles. The van der Waals surface area contributed by atoms with Gasteiger partial charge in [-0.25, -0.2) is 0 Å². The Morgan fingerprint density at radius 1 is 1.47 bits per heavy atom. The summed E-state index contributed by atoms with van der Waals surface area (Å²) in [5, 5.41) is 4.23. The molecule has 0 amide bonds. The second kappa shape index (κ2) is 5.94. The molecule has 1 unspecified atom stereocenters. The van der Waals surface area contributed by atoms with Gasteiger partial charge in [0.2, 0.25) is 0 Å². The Hall–Kier alpha value is -0.790. The van der Waals surface area contributed by atoms with E-state index in [9.17, 15) is 0 Å². The van der Waals surface area contributed by atoms with Crippen LogP contribution in [0.2, 0.25) is 5.02 Å². The van der Waals surface area contributed by atoms with Crippen LogP contribution in [-0.2, 0) is 0 Å². The molecule has 1 atom stereocenters. The third-order valence-electron chi connectivity index (χ3n) is 2.53. The average molecular weight is 224 g/mol. The lowest BCUT2D eigenvalue weighted by Gasteiger charge is -2.16. The van der Waals surface area contributed by atoms with Gasteiger partial charge in [0.05, 0.1) is 0 Å². The van der Waals surface area contributed by atoms with E-state index in [1.165, 1.54) is 5.57 Å². The average Bonchev–Trinajstić information content (AvgIpc) is 2.26. The van der Waals surface area contributed by atoms with Crippen molar-refractivity contribution >= 4 is 11.6 Å². The Labute approximate surface area is 97.1 Å². The van der Waals surface area contributed by atoms with Gasteiger partial charge in [0.25, 0.3) is 0 Å². The van der Waals surface area contributed by atoms with Gasteiger partial charge in [0.1, 0.15) is 0 Å². The minimum Gasteiger partial charge on any atom is -0.306 e. The Bertz CT molecular complexity index is 333. The third kappa shape index (κ3) is 3.69. The summed E-state index contributed by atoms with van der Waals surface area (Å²) in [7, 11) is 0. The summed E-state index contributed by atoms with van der Waals surface area (Å²) in [5.41, 5.74) is 2.36. The fraction of sp³-hybridized carbons (Fsp3) is 0.385. The van der Waals surface area contributed by atoms with Gasteiger partial charge in [-0.2, -0.15) is 0 Å². The third-order valence-corrected chi connectivity index (χ3v) is 2.87. The van der Waals surface area contributed by atoms with Crippen molar-refractivity contribution in [2.75, 3.05) is 6.54 Å². The second-order valence-electron chi connectivity index (χ2n) is 3.73. The van der Waals surface area contributed by atoms with Crippen LogP contribution in [0.15, 0.2) is 36.4 Å². The fourth-order valence-electron chi connectivity index (χ4n) is 1.36. The topological polar surface area (TPSA) is 12.0 Å². The summed E-state index contributed by atoms with van der Waals surface area (Å²) >= 11 is 6.11. The van der Waals surface area contributed by atoms with Gasteiger partial charge in [-0.3, -0.25) is 0 Å². The maximum Gasteiger partial charge on any atom is 0.0453 e. The molecule has 0 aliphatic heterocycles. The van der Waals surface area contributed by atoms with Crippen LogP contribution in [0, 0.1) is 0 Å². The molecule has 2 heteroatoms. The lowest BCUT2D eigenvalue weighted by atomic mass is 10.1. The molecule has 0 spiro atoms. The molecule has 0 radical (unpaired) electrons. The summed E-state index contributed by atoms with van der Waals surface area (Å²) in [5.74, 6) is 0. The van der Waals surface area contributed by atoms with Gasteiger partial charge in [0.15, 0.2) is 0 Å². The predicted octanol–water partition coefficient (Wildman–Crippen LogP) is 3.96. The lowest BCUT2D eigenvalue weighted by Crippen LogP contribution is -2.21. The first-order chi connectivity index (χ1) is 7.15. The smallest absolute Gasteiger partial charge is 0.0453 e. The Kier molecular flexibility index (Phi) is 4.86. The van der Waals surface area contributed by atoms with E-state index in [1.54, 1.807) is 0 Å². The van der Waals surface area contributed by atoms with Crippen molar-refractivity contribution in [3.8, 4) is 0 Å². The molecule has 0 aliphatic carbocycles. The van der Waals surface area contributed by atoms with E-state index in [0.717, 1.165) is 23.6 Å². The number of hydrogen-bond acceptors (Lipinski definition) is 1. The minimum absolute atomic E-state index is 0.266. The summed E-state index contributed by atoms with van der Waals surface area (Å²) in [6.07, 6.45) is 1.02. The zero-order valence-corrected chi connectivity index (χ0v) is 10.1. The molecule has 0 aromatic heterocycles. The number of rotatable bonds is 5. The van der Waals surface area contributed by atoms with Crippen molar-refractivity contribution in [3.05, 3.63) is 47.0 Å². The normalized spacial score (nSPS) is 12.5. The highest BCUT2D eigenvalue weighted by molar-refractivity contribution is 6.31. The second-order valence-corrected chi connectivity index (χ2v) is 4.13. The first-order valence-corrected chi connectivity index (χ1v) is 5.67. The molecule has 0 aliphatic rings. The van der Waals surface area contributed by atoms with Crippen molar-refractivity contribution in [2.24, 2.45) is 0 Å². The maximum absolute atomic E-state index is 6.11. The lowest BCUT2D eigenvalue weighted by molar-refractivity contribution is 0.602. The SMILES string of the molecule is C=C(CC)CNC(C)c1ccccc1Cl. The van der Waals surface area contributed by atoms with Crippen LogP contribution in [0.1, 0.15) is 31.9 Å². The van der Waals surface area contributed by atoms with E-state index >= 15 is 0 Å². The van der Waals surface area contributed by atoms with Gasteiger partial charge < -0.3 is 5.32 Å². The first-order valence-electron chi connectivity index (χ1n) is 5.29. The predicted molar refractivity (Wildman–Crippen MR) is 67.3 cm³/mol. The molecule has 0 heterocycles. The quantitative estimate of drug-likeness (QED) is 0.746. The monoisotopic (exact) mass is 223 g/mol. The van der Waals surface area contributed by atoms with Crippen LogP contribution in [0.5, 0.6) is 0 Å². The summed E-state index contributed by atoms with van der Waals surface area (Å²) in [4.78, 5) is 0. The molecule has 0 fully saturated rings. The van der Waals surface area contributed by atoms with Crippen molar-refractivity contribution < 1.29 is 0 Å². The zero-order chi connectivity index (χ0) is 11.3. The summed E-state index contributed by atoms with van der Waals surface area (Å²) in [6.45, 7) is 9.05. The van der Waals surface area contributed by atoms with Gasteiger partial charge in [-0.15, -0.1) is 0 Å². The van der Waals surface area contributed by atoms with Gasteiger partial charge in [-0.05, 0) is 25.0 Å². The number of hydrogen-bond donors (Lipinski definition) is 1. The van der Waals surface area contributed by atoms with Crippen molar-refractivity contribution in [1.82, 2.24) is 5.32 Å². The molecular formula is C13H18ClN. The fourth-order valence-corrected chi connectivity index (χ4v) is 1.66. The van der Waals surface area contributed by atoms with Crippen molar-refractivity contribution in [1.29, 1.82) is 0 Å². The molecule has 1 rings (SSSR count). The molecular weight excluding hydrogens is 206 g/mol. The van der Waals surface area contributed by atoms with Crippen LogP contribution in [0.25, 0.3) is 0 Å². The summed E-state index contributed by atoms with van der Waals surface area (Å²) in [6, 6.07) is 8.19. The first kappa shape index (κ1) is 12.3. The summed E-state index contributed by atoms with van der Waals surface area (Å²) < 4.78 is 0. The highest BCUT2D eigenvalue weighted by Gasteiger charge is 2.07. The largest absolute Gasteiger partial charge is 0.306 e. The molecule has 15 heavy (non-hydrogen) atoms. The molecule has 1 nitrogen and oxygen atoms in total. The van der Waals surface area contributed by atoms with Crippen LogP contribution in [-0.4, -0.2) is 6.54 Å². The van der Waals surface area contributed by atoms with E-state index in [0.29, 0.717) is 0 Å². The molecule has 0 saturated carbocycles. The van der Waals surface area contributed by atoms with Crippen molar-refractivity contribution in [3.63, 3.8) is 0 Å². The van der Waals surface area contributed by atoms with Crippen LogP contribution >= 0.6 is 11.6 Å². The van der Waals surface area contributed by atoms with Crippen LogP contribution in [0.3, 0.4) is 0 Å². The number of halogens is 1. The van der Waals surface area contributed by atoms with Crippen molar-refractivity contribution in [2.45, 2.75) is 26.3 Å².